The van der Waals surface area contributed by atoms with Gasteiger partial charge in [0, 0.05) is 0 Å². The predicted molar refractivity (Wildman–Crippen MR) is 131 cm³/mol. The van der Waals surface area contributed by atoms with Crippen LogP contribution in [0.2, 0.25) is 0 Å². The standard InChI is InChI=1S/C29H38O4/c1-6-20(4)22-10-15-26(16-11-22)33-28(32-19(2)3)29(18-21-7-12-25(29)17-21)24-13-8-23(9-14-24)27(30)31-5/h8-11,13-16,19-21,25,28H,6-7,12,17-18H2,1-5H3. The normalized spacial score (nSPS) is 25.8. The minimum absolute atomic E-state index is 0.0414. The van der Waals surface area contributed by atoms with Gasteiger partial charge in [0.1, 0.15) is 5.75 Å². The van der Waals surface area contributed by atoms with Gasteiger partial charge < -0.3 is 14.2 Å². The van der Waals surface area contributed by atoms with Gasteiger partial charge in [-0.15, -0.1) is 0 Å². The lowest BCUT2D eigenvalue weighted by molar-refractivity contribution is -0.164. The fourth-order valence-electron chi connectivity index (χ4n) is 5.92. The molecule has 0 spiro atoms. The first-order valence-electron chi connectivity index (χ1n) is 12.5. The Labute approximate surface area is 198 Å². The van der Waals surface area contributed by atoms with Crippen molar-refractivity contribution in [1.82, 2.24) is 0 Å². The van der Waals surface area contributed by atoms with E-state index in [2.05, 4.69) is 64.1 Å². The van der Waals surface area contributed by atoms with E-state index >= 15 is 0 Å². The predicted octanol–water partition coefficient (Wildman–Crippen LogP) is 6.87. The average Bonchev–Trinajstić information content (AvgIpc) is 3.45. The smallest absolute Gasteiger partial charge is 0.337 e. The number of fused-ring (bicyclic) bond motifs is 2. The molecule has 2 aliphatic rings. The van der Waals surface area contributed by atoms with Crippen LogP contribution in [-0.4, -0.2) is 25.5 Å². The van der Waals surface area contributed by atoms with E-state index in [9.17, 15) is 4.79 Å². The Balaban J connectivity index is 1.69. The zero-order valence-electron chi connectivity index (χ0n) is 20.7. The Bertz CT molecular complexity index is 933. The van der Waals surface area contributed by atoms with Gasteiger partial charge in [-0.1, -0.05) is 44.5 Å². The van der Waals surface area contributed by atoms with Crippen LogP contribution in [0, 0.1) is 11.8 Å². The van der Waals surface area contributed by atoms with Crippen molar-refractivity contribution in [3.05, 3.63) is 65.2 Å². The number of ether oxygens (including phenoxy) is 3. The quantitative estimate of drug-likeness (QED) is 0.309. The first kappa shape index (κ1) is 23.8. The molecule has 2 bridgehead atoms. The molecule has 2 aromatic carbocycles. The number of hydrogen-bond donors (Lipinski definition) is 0. The molecule has 178 valence electrons. The van der Waals surface area contributed by atoms with Crippen LogP contribution in [0.5, 0.6) is 5.75 Å². The maximum absolute atomic E-state index is 12.0. The van der Waals surface area contributed by atoms with Crippen LogP contribution >= 0.6 is 0 Å². The fourth-order valence-corrected chi connectivity index (χ4v) is 5.92. The summed E-state index contributed by atoms with van der Waals surface area (Å²) >= 11 is 0. The highest BCUT2D eigenvalue weighted by molar-refractivity contribution is 5.89. The van der Waals surface area contributed by atoms with E-state index in [1.807, 2.05) is 12.1 Å². The summed E-state index contributed by atoms with van der Waals surface area (Å²) in [5.41, 5.74) is 2.88. The van der Waals surface area contributed by atoms with Crippen LogP contribution < -0.4 is 4.74 Å². The van der Waals surface area contributed by atoms with E-state index < -0.39 is 0 Å². The minimum Gasteiger partial charge on any atom is -0.465 e. The highest BCUT2D eigenvalue weighted by atomic mass is 16.7. The van der Waals surface area contributed by atoms with Gasteiger partial charge in [0.15, 0.2) is 0 Å². The summed E-state index contributed by atoms with van der Waals surface area (Å²) in [4.78, 5) is 12.0. The van der Waals surface area contributed by atoms with Crippen molar-refractivity contribution in [2.24, 2.45) is 11.8 Å². The molecule has 0 aliphatic heterocycles. The minimum atomic E-state index is -0.383. The molecular formula is C29H38O4. The Kier molecular flexibility index (Phi) is 7.13. The second-order valence-electron chi connectivity index (χ2n) is 10.2. The van der Waals surface area contributed by atoms with Crippen molar-refractivity contribution in [1.29, 1.82) is 0 Å². The van der Waals surface area contributed by atoms with Crippen LogP contribution in [0.1, 0.15) is 87.2 Å². The van der Waals surface area contributed by atoms with E-state index in [0.717, 1.165) is 18.6 Å². The van der Waals surface area contributed by atoms with Crippen molar-refractivity contribution in [3.63, 3.8) is 0 Å². The third-order valence-corrected chi connectivity index (χ3v) is 7.86. The number of carbonyl (C=O) groups excluding carboxylic acids is 1. The maximum atomic E-state index is 12.0. The van der Waals surface area contributed by atoms with Crippen LogP contribution in [-0.2, 0) is 14.9 Å². The van der Waals surface area contributed by atoms with E-state index in [4.69, 9.17) is 14.2 Å². The van der Waals surface area contributed by atoms with Gasteiger partial charge in [-0.05, 0) is 92.7 Å². The highest BCUT2D eigenvalue weighted by Crippen LogP contribution is 2.59. The number of benzene rings is 2. The molecule has 5 atom stereocenters. The van der Waals surface area contributed by atoms with Crippen molar-refractivity contribution in [2.45, 2.75) is 83.5 Å². The van der Waals surface area contributed by atoms with Crippen molar-refractivity contribution in [3.8, 4) is 5.75 Å². The van der Waals surface area contributed by atoms with Crippen LogP contribution in [0.25, 0.3) is 0 Å². The fraction of sp³-hybridized carbons (Fsp3) is 0.552. The number of methoxy groups -OCH3 is 1. The molecule has 4 heteroatoms. The monoisotopic (exact) mass is 450 g/mol. The highest BCUT2D eigenvalue weighted by Gasteiger charge is 2.58. The zero-order chi connectivity index (χ0) is 23.6. The molecule has 4 nitrogen and oxygen atoms in total. The molecule has 5 unspecified atom stereocenters. The Morgan fingerprint density at radius 3 is 2.24 bits per heavy atom. The summed E-state index contributed by atoms with van der Waals surface area (Å²) < 4.78 is 18.1. The molecule has 0 radical (unpaired) electrons. The lowest BCUT2D eigenvalue weighted by Crippen LogP contribution is -2.49. The Hall–Kier alpha value is -2.33. The number of carbonyl (C=O) groups is 1. The third kappa shape index (κ3) is 4.68. The summed E-state index contributed by atoms with van der Waals surface area (Å²) in [5.74, 6) is 2.28. The van der Waals surface area contributed by atoms with Gasteiger partial charge >= 0.3 is 5.97 Å². The first-order valence-corrected chi connectivity index (χ1v) is 12.5. The molecule has 4 rings (SSSR count). The number of hydrogen-bond acceptors (Lipinski definition) is 4. The van der Waals surface area contributed by atoms with Crippen molar-refractivity contribution < 1.29 is 19.0 Å². The molecule has 0 heterocycles. The van der Waals surface area contributed by atoms with E-state index in [-0.39, 0.29) is 23.8 Å². The number of esters is 1. The molecule has 2 saturated carbocycles. The molecule has 2 aliphatic carbocycles. The van der Waals surface area contributed by atoms with Gasteiger partial charge in [0.25, 0.3) is 0 Å². The second-order valence-corrected chi connectivity index (χ2v) is 10.2. The summed E-state index contributed by atoms with van der Waals surface area (Å²) in [7, 11) is 1.42. The summed E-state index contributed by atoms with van der Waals surface area (Å²) in [6.45, 7) is 8.61. The van der Waals surface area contributed by atoms with Crippen molar-refractivity contribution in [2.75, 3.05) is 7.11 Å². The third-order valence-electron chi connectivity index (χ3n) is 7.86. The largest absolute Gasteiger partial charge is 0.465 e. The summed E-state index contributed by atoms with van der Waals surface area (Å²) in [6, 6.07) is 16.4. The lowest BCUT2D eigenvalue weighted by Gasteiger charge is -2.44. The molecule has 33 heavy (non-hydrogen) atoms. The summed E-state index contributed by atoms with van der Waals surface area (Å²) in [5, 5.41) is 0. The molecule has 0 amide bonds. The lowest BCUT2D eigenvalue weighted by atomic mass is 9.67. The zero-order valence-corrected chi connectivity index (χ0v) is 20.7. The second kappa shape index (κ2) is 9.89. The molecular weight excluding hydrogens is 412 g/mol. The van der Waals surface area contributed by atoms with Gasteiger partial charge in [-0.25, -0.2) is 4.79 Å². The average molecular weight is 451 g/mol. The van der Waals surface area contributed by atoms with E-state index in [0.29, 0.717) is 23.3 Å². The maximum Gasteiger partial charge on any atom is 0.337 e. The van der Waals surface area contributed by atoms with Gasteiger partial charge in [-0.3, -0.25) is 0 Å². The SMILES string of the molecule is CCC(C)c1ccc(OC(OC(C)C)C2(c3ccc(C(=O)OC)cc3)CC3CCC2C3)cc1. The van der Waals surface area contributed by atoms with Gasteiger partial charge in [0.05, 0.1) is 24.2 Å². The van der Waals surface area contributed by atoms with Crippen LogP contribution in [0.4, 0.5) is 0 Å². The molecule has 0 aromatic heterocycles. The van der Waals surface area contributed by atoms with Gasteiger partial charge in [0.2, 0.25) is 6.29 Å². The van der Waals surface area contributed by atoms with Gasteiger partial charge in [-0.2, -0.15) is 0 Å². The van der Waals surface area contributed by atoms with Crippen LogP contribution in [0.15, 0.2) is 48.5 Å². The van der Waals surface area contributed by atoms with E-state index in [1.165, 1.54) is 37.5 Å². The molecule has 0 saturated heterocycles. The Morgan fingerprint density at radius 1 is 1.03 bits per heavy atom. The first-order chi connectivity index (χ1) is 15.9. The molecule has 0 N–H and O–H groups in total. The number of rotatable bonds is 9. The molecule has 2 fully saturated rings. The topological polar surface area (TPSA) is 44.8 Å². The molecule has 2 aromatic rings. The summed E-state index contributed by atoms with van der Waals surface area (Å²) in [6.07, 6.45) is 5.52. The Morgan fingerprint density at radius 2 is 1.73 bits per heavy atom. The van der Waals surface area contributed by atoms with Crippen molar-refractivity contribution >= 4 is 5.97 Å². The van der Waals surface area contributed by atoms with Crippen LogP contribution in [0.3, 0.4) is 0 Å². The van der Waals surface area contributed by atoms with E-state index in [1.54, 1.807) is 0 Å².